The minimum absolute atomic E-state index is 0.658. The third kappa shape index (κ3) is 4.51. The van der Waals surface area contributed by atoms with E-state index in [4.69, 9.17) is 4.74 Å². The van der Waals surface area contributed by atoms with Crippen LogP contribution in [0.15, 0.2) is 24.3 Å². The molecule has 0 bridgehead atoms. The van der Waals surface area contributed by atoms with Crippen molar-refractivity contribution in [3.8, 4) is 5.75 Å². The Morgan fingerprint density at radius 2 is 2.11 bits per heavy atom. The molecule has 3 heteroatoms. The summed E-state index contributed by atoms with van der Waals surface area (Å²) in [6.45, 7) is 6.83. The average molecular weight is 262 g/mol. The van der Waals surface area contributed by atoms with Crippen LogP contribution in [0.1, 0.15) is 31.7 Å². The van der Waals surface area contributed by atoms with Gasteiger partial charge >= 0.3 is 0 Å². The van der Waals surface area contributed by atoms with Crippen molar-refractivity contribution >= 4 is 0 Å². The van der Waals surface area contributed by atoms with Crippen LogP contribution in [0.4, 0.5) is 0 Å². The van der Waals surface area contributed by atoms with Gasteiger partial charge in [-0.2, -0.15) is 0 Å². The van der Waals surface area contributed by atoms with Crippen LogP contribution >= 0.6 is 0 Å². The van der Waals surface area contributed by atoms with Gasteiger partial charge in [-0.1, -0.05) is 25.5 Å². The van der Waals surface area contributed by atoms with E-state index in [-0.39, 0.29) is 0 Å². The highest BCUT2D eigenvalue weighted by molar-refractivity contribution is 5.27. The summed E-state index contributed by atoms with van der Waals surface area (Å²) in [6.07, 6.45) is 3.78. The molecule has 1 N–H and O–H groups in total. The first-order valence-electron chi connectivity index (χ1n) is 7.40. The molecular formula is C16H26N2O. The zero-order valence-corrected chi connectivity index (χ0v) is 12.2. The predicted octanol–water partition coefficient (Wildman–Crippen LogP) is 2.66. The normalized spacial score (nSPS) is 21.1. The molecule has 1 fully saturated rings. The summed E-state index contributed by atoms with van der Waals surface area (Å²) in [4.78, 5) is 2.57. The molecule has 0 amide bonds. The van der Waals surface area contributed by atoms with Gasteiger partial charge in [0, 0.05) is 19.1 Å². The van der Waals surface area contributed by atoms with E-state index in [0.29, 0.717) is 6.04 Å². The third-order valence-electron chi connectivity index (χ3n) is 3.77. The topological polar surface area (TPSA) is 24.5 Å². The van der Waals surface area contributed by atoms with E-state index < -0.39 is 0 Å². The molecule has 1 heterocycles. The van der Waals surface area contributed by atoms with Crippen LogP contribution in [0, 0.1) is 0 Å². The SMILES string of the molecule is CCCC1CN(Cc2ccc(OC)cc2)CCCN1. The van der Waals surface area contributed by atoms with Crippen molar-refractivity contribution in [2.24, 2.45) is 0 Å². The van der Waals surface area contributed by atoms with Crippen molar-refractivity contribution in [1.82, 2.24) is 10.2 Å². The molecule has 1 saturated heterocycles. The van der Waals surface area contributed by atoms with Crippen molar-refractivity contribution in [2.75, 3.05) is 26.7 Å². The maximum atomic E-state index is 5.20. The summed E-state index contributed by atoms with van der Waals surface area (Å²) < 4.78 is 5.20. The molecule has 0 aliphatic carbocycles. The van der Waals surface area contributed by atoms with E-state index in [1.54, 1.807) is 7.11 Å². The third-order valence-corrected chi connectivity index (χ3v) is 3.77. The standard InChI is InChI=1S/C16H26N2O/c1-3-5-15-13-18(11-4-10-17-15)12-14-6-8-16(19-2)9-7-14/h6-9,15,17H,3-5,10-13H2,1-2H3. The number of rotatable bonds is 5. The lowest BCUT2D eigenvalue weighted by molar-refractivity contribution is 0.254. The molecular weight excluding hydrogens is 236 g/mol. The van der Waals surface area contributed by atoms with Crippen molar-refractivity contribution < 1.29 is 4.74 Å². The van der Waals surface area contributed by atoms with Crippen molar-refractivity contribution in [1.29, 1.82) is 0 Å². The lowest BCUT2D eigenvalue weighted by atomic mass is 10.1. The molecule has 106 valence electrons. The molecule has 3 nitrogen and oxygen atoms in total. The summed E-state index contributed by atoms with van der Waals surface area (Å²) in [7, 11) is 1.71. The number of nitrogens with zero attached hydrogens (tertiary/aromatic N) is 1. The highest BCUT2D eigenvalue weighted by Gasteiger charge is 2.16. The fourth-order valence-electron chi connectivity index (χ4n) is 2.75. The number of hydrogen-bond donors (Lipinski definition) is 1. The van der Waals surface area contributed by atoms with Crippen LogP contribution < -0.4 is 10.1 Å². The van der Waals surface area contributed by atoms with Gasteiger partial charge in [0.25, 0.3) is 0 Å². The maximum Gasteiger partial charge on any atom is 0.118 e. The highest BCUT2D eigenvalue weighted by atomic mass is 16.5. The summed E-state index contributed by atoms with van der Waals surface area (Å²) in [5.74, 6) is 0.935. The molecule has 2 rings (SSSR count). The van der Waals surface area contributed by atoms with Gasteiger partial charge in [0.1, 0.15) is 5.75 Å². The van der Waals surface area contributed by atoms with Gasteiger partial charge in [-0.05, 0) is 43.6 Å². The second-order valence-electron chi connectivity index (χ2n) is 5.38. The minimum Gasteiger partial charge on any atom is -0.497 e. The Hall–Kier alpha value is -1.06. The molecule has 0 radical (unpaired) electrons. The molecule has 0 aromatic heterocycles. The van der Waals surface area contributed by atoms with Crippen molar-refractivity contribution in [3.63, 3.8) is 0 Å². The quantitative estimate of drug-likeness (QED) is 0.883. The Labute approximate surface area is 116 Å². The molecule has 1 aromatic rings. The van der Waals surface area contributed by atoms with Crippen LogP contribution in [0.2, 0.25) is 0 Å². The molecule has 1 aliphatic heterocycles. The molecule has 0 spiro atoms. The van der Waals surface area contributed by atoms with Crippen LogP contribution in [0.25, 0.3) is 0 Å². The minimum atomic E-state index is 0.658. The summed E-state index contributed by atoms with van der Waals surface area (Å²) in [6, 6.07) is 9.10. The van der Waals surface area contributed by atoms with Gasteiger partial charge < -0.3 is 10.1 Å². The average Bonchev–Trinajstić information content (AvgIpc) is 2.65. The number of hydrogen-bond acceptors (Lipinski definition) is 3. The van der Waals surface area contributed by atoms with E-state index >= 15 is 0 Å². The first-order chi connectivity index (χ1) is 9.31. The Bertz CT molecular complexity index is 364. The van der Waals surface area contributed by atoms with Crippen molar-refractivity contribution in [2.45, 2.75) is 38.8 Å². The largest absolute Gasteiger partial charge is 0.497 e. The van der Waals surface area contributed by atoms with Crippen LogP contribution in [-0.4, -0.2) is 37.7 Å². The molecule has 1 atom stereocenters. The fourth-order valence-corrected chi connectivity index (χ4v) is 2.75. The number of nitrogens with one attached hydrogen (secondary N) is 1. The van der Waals surface area contributed by atoms with Crippen LogP contribution in [0.3, 0.4) is 0 Å². The fraction of sp³-hybridized carbons (Fsp3) is 0.625. The zero-order chi connectivity index (χ0) is 13.5. The molecule has 1 aromatic carbocycles. The Morgan fingerprint density at radius 3 is 2.79 bits per heavy atom. The van der Waals surface area contributed by atoms with E-state index in [0.717, 1.165) is 18.8 Å². The van der Waals surface area contributed by atoms with Gasteiger partial charge in [-0.3, -0.25) is 4.90 Å². The Balaban J connectivity index is 1.92. The number of methoxy groups -OCH3 is 1. The zero-order valence-electron chi connectivity index (χ0n) is 12.2. The van der Waals surface area contributed by atoms with Crippen LogP contribution in [-0.2, 0) is 6.54 Å². The van der Waals surface area contributed by atoms with Gasteiger partial charge in [-0.15, -0.1) is 0 Å². The van der Waals surface area contributed by atoms with E-state index in [1.165, 1.54) is 37.9 Å². The lowest BCUT2D eigenvalue weighted by Crippen LogP contribution is -2.37. The summed E-state index contributed by atoms with van der Waals surface area (Å²) in [5.41, 5.74) is 1.37. The first kappa shape index (κ1) is 14.4. The predicted molar refractivity (Wildman–Crippen MR) is 79.6 cm³/mol. The maximum absolute atomic E-state index is 5.20. The second-order valence-corrected chi connectivity index (χ2v) is 5.38. The molecule has 0 saturated carbocycles. The number of benzene rings is 1. The summed E-state index contributed by atoms with van der Waals surface area (Å²) in [5, 5.41) is 3.65. The van der Waals surface area contributed by atoms with Crippen LogP contribution in [0.5, 0.6) is 5.75 Å². The molecule has 19 heavy (non-hydrogen) atoms. The van der Waals surface area contributed by atoms with E-state index in [2.05, 4.69) is 41.4 Å². The van der Waals surface area contributed by atoms with Gasteiger partial charge in [0.05, 0.1) is 7.11 Å². The molecule has 1 unspecified atom stereocenters. The first-order valence-corrected chi connectivity index (χ1v) is 7.40. The Morgan fingerprint density at radius 1 is 1.32 bits per heavy atom. The summed E-state index contributed by atoms with van der Waals surface area (Å²) >= 11 is 0. The number of ether oxygens (including phenoxy) is 1. The van der Waals surface area contributed by atoms with Gasteiger partial charge in [-0.25, -0.2) is 0 Å². The van der Waals surface area contributed by atoms with Gasteiger partial charge in [0.15, 0.2) is 0 Å². The Kier molecular flexibility index (Phi) is 5.67. The smallest absolute Gasteiger partial charge is 0.118 e. The second kappa shape index (κ2) is 7.51. The van der Waals surface area contributed by atoms with Crippen molar-refractivity contribution in [3.05, 3.63) is 29.8 Å². The molecule has 1 aliphatic rings. The van der Waals surface area contributed by atoms with Gasteiger partial charge in [0.2, 0.25) is 0 Å². The monoisotopic (exact) mass is 262 g/mol. The van der Waals surface area contributed by atoms with E-state index in [9.17, 15) is 0 Å². The lowest BCUT2D eigenvalue weighted by Gasteiger charge is -2.24. The van der Waals surface area contributed by atoms with E-state index in [1.807, 2.05) is 0 Å². The highest BCUT2D eigenvalue weighted by Crippen LogP contribution is 2.14.